The Morgan fingerprint density at radius 2 is 2.33 bits per heavy atom. The first-order valence-corrected chi connectivity index (χ1v) is 3.38. The second-order valence-electron chi connectivity index (χ2n) is 1.15. The number of hydrogen-bond donors (Lipinski definition) is 3. The molecule has 5 nitrogen and oxygen atoms in total. The summed E-state index contributed by atoms with van der Waals surface area (Å²) < 4.78 is 4.12. The molecule has 6 heteroatoms. The van der Waals surface area contributed by atoms with Gasteiger partial charge in [-0.25, -0.2) is 4.62 Å². The highest BCUT2D eigenvalue weighted by Gasteiger charge is 1.95. The molecule has 0 radical (unpaired) electrons. The first-order valence-electron chi connectivity index (χ1n) is 2.22. The topological polar surface area (TPSA) is 85.5 Å². The van der Waals surface area contributed by atoms with Crippen molar-refractivity contribution in [2.24, 2.45) is 0 Å². The van der Waals surface area contributed by atoms with Crippen LogP contribution in [0, 0.1) is 11.3 Å². The fraction of sp³-hybridized carbons (Fsp3) is 0.667. The standard InChI is InChI=1S/C3H7N2O3P/c4-2-1-3-5-8-9(6)7/h5-7H,1,3H2. The molecule has 0 aromatic heterocycles. The summed E-state index contributed by atoms with van der Waals surface area (Å²) >= 11 is 0. The SMILES string of the molecule is N#CCCNOP(O)O. The molecule has 9 heavy (non-hydrogen) atoms. The normalized spacial score (nSPS) is 9.56. The van der Waals surface area contributed by atoms with E-state index in [0.29, 0.717) is 6.54 Å². The Balaban J connectivity index is 2.85. The molecule has 0 atom stereocenters. The summed E-state index contributed by atoms with van der Waals surface area (Å²) in [4.78, 5) is 16.2. The Kier molecular flexibility index (Phi) is 5.73. The van der Waals surface area contributed by atoms with E-state index in [-0.39, 0.29) is 6.42 Å². The number of nitriles is 1. The van der Waals surface area contributed by atoms with Gasteiger partial charge in [0.2, 0.25) is 0 Å². The lowest BCUT2D eigenvalue weighted by Gasteiger charge is -2.00. The number of nitrogens with zero attached hydrogens (tertiary/aromatic N) is 1. The van der Waals surface area contributed by atoms with Crippen LogP contribution in [0.15, 0.2) is 0 Å². The van der Waals surface area contributed by atoms with Crippen molar-refractivity contribution in [2.75, 3.05) is 6.54 Å². The molecule has 0 bridgehead atoms. The van der Waals surface area contributed by atoms with E-state index in [9.17, 15) is 0 Å². The highest BCUT2D eigenvalue weighted by molar-refractivity contribution is 7.39. The molecule has 0 unspecified atom stereocenters. The van der Waals surface area contributed by atoms with Gasteiger partial charge in [-0.1, -0.05) is 0 Å². The Labute approximate surface area is 53.8 Å². The summed E-state index contributed by atoms with van der Waals surface area (Å²) in [6, 6.07) is 1.84. The van der Waals surface area contributed by atoms with Gasteiger partial charge in [-0.3, -0.25) is 0 Å². The average molecular weight is 150 g/mol. The van der Waals surface area contributed by atoms with E-state index >= 15 is 0 Å². The maximum Gasteiger partial charge on any atom is 0.345 e. The first kappa shape index (κ1) is 8.76. The van der Waals surface area contributed by atoms with E-state index in [1.807, 2.05) is 6.07 Å². The van der Waals surface area contributed by atoms with Gasteiger partial charge in [0.15, 0.2) is 0 Å². The van der Waals surface area contributed by atoms with E-state index in [4.69, 9.17) is 15.0 Å². The molecule has 0 aliphatic carbocycles. The zero-order chi connectivity index (χ0) is 7.11. The molecule has 0 spiro atoms. The minimum Gasteiger partial charge on any atom is -0.327 e. The molecule has 0 aromatic rings. The molecular formula is C3H7N2O3P. The molecule has 52 valence electrons. The van der Waals surface area contributed by atoms with Gasteiger partial charge in [0.25, 0.3) is 0 Å². The minimum absolute atomic E-state index is 0.281. The quantitative estimate of drug-likeness (QED) is 0.289. The van der Waals surface area contributed by atoms with Crippen molar-refractivity contribution < 1.29 is 14.4 Å². The lowest BCUT2D eigenvalue weighted by molar-refractivity contribution is 0.165. The van der Waals surface area contributed by atoms with Crippen molar-refractivity contribution in [1.82, 2.24) is 5.48 Å². The van der Waals surface area contributed by atoms with Gasteiger partial charge in [0, 0.05) is 13.0 Å². The highest BCUT2D eigenvalue weighted by atomic mass is 31.2. The predicted octanol–water partition coefficient (Wildman–Crippen LogP) is -0.367. The summed E-state index contributed by atoms with van der Waals surface area (Å²) in [7, 11) is -2.34. The minimum atomic E-state index is -2.34. The van der Waals surface area contributed by atoms with Gasteiger partial charge in [0.05, 0.1) is 6.07 Å². The second-order valence-corrected chi connectivity index (χ2v) is 1.83. The molecule has 0 aromatic carbocycles. The van der Waals surface area contributed by atoms with E-state index in [0.717, 1.165) is 0 Å². The molecular weight excluding hydrogens is 143 g/mol. The Morgan fingerprint density at radius 1 is 1.67 bits per heavy atom. The van der Waals surface area contributed by atoms with Crippen molar-refractivity contribution in [3.63, 3.8) is 0 Å². The predicted molar refractivity (Wildman–Crippen MR) is 30.7 cm³/mol. The van der Waals surface area contributed by atoms with Crippen LogP contribution in [0.25, 0.3) is 0 Å². The molecule has 0 amide bonds. The van der Waals surface area contributed by atoms with Gasteiger partial charge < -0.3 is 9.79 Å². The smallest absolute Gasteiger partial charge is 0.327 e. The summed E-state index contributed by atoms with van der Waals surface area (Å²) in [6.45, 7) is 0.302. The first-order chi connectivity index (χ1) is 4.27. The number of rotatable bonds is 4. The fourth-order valence-electron chi connectivity index (χ4n) is 0.210. The summed E-state index contributed by atoms with van der Waals surface area (Å²) in [5.74, 6) is 0. The third kappa shape index (κ3) is 7.76. The van der Waals surface area contributed by atoms with Crippen LogP contribution in [0.1, 0.15) is 6.42 Å². The zero-order valence-electron chi connectivity index (χ0n) is 4.61. The molecule has 0 heterocycles. The van der Waals surface area contributed by atoms with E-state index < -0.39 is 8.60 Å². The van der Waals surface area contributed by atoms with Crippen molar-refractivity contribution in [1.29, 1.82) is 5.26 Å². The monoisotopic (exact) mass is 150 g/mol. The summed E-state index contributed by atoms with van der Waals surface area (Å²) in [5.41, 5.74) is 2.19. The van der Waals surface area contributed by atoms with Crippen LogP contribution >= 0.6 is 8.60 Å². The molecule has 0 fully saturated rings. The van der Waals surface area contributed by atoms with Crippen molar-refractivity contribution in [3.8, 4) is 6.07 Å². The number of hydroxylamine groups is 1. The number of nitrogens with one attached hydrogen (secondary N) is 1. The van der Waals surface area contributed by atoms with Gasteiger partial charge >= 0.3 is 8.60 Å². The van der Waals surface area contributed by atoms with Crippen LogP contribution in [-0.4, -0.2) is 16.3 Å². The van der Waals surface area contributed by atoms with Crippen molar-refractivity contribution in [2.45, 2.75) is 6.42 Å². The lowest BCUT2D eigenvalue weighted by Crippen LogP contribution is -2.11. The third-order valence-electron chi connectivity index (χ3n) is 0.485. The van der Waals surface area contributed by atoms with Gasteiger partial charge in [0.1, 0.15) is 0 Å². The molecule has 3 N–H and O–H groups in total. The average Bonchev–Trinajstić information content (AvgIpc) is 1.80. The molecule has 0 saturated carbocycles. The van der Waals surface area contributed by atoms with Crippen LogP contribution in [-0.2, 0) is 4.62 Å². The maximum absolute atomic E-state index is 8.10. The lowest BCUT2D eigenvalue weighted by atomic mass is 10.5. The van der Waals surface area contributed by atoms with Crippen LogP contribution in [0.5, 0.6) is 0 Å². The zero-order valence-corrected chi connectivity index (χ0v) is 5.51. The molecule has 0 aliphatic heterocycles. The molecule has 0 rings (SSSR count). The van der Waals surface area contributed by atoms with E-state index in [1.54, 1.807) is 0 Å². The van der Waals surface area contributed by atoms with Crippen LogP contribution < -0.4 is 5.48 Å². The van der Waals surface area contributed by atoms with Crippen molar-refractivity contribution >= 4 is 8.60 Å². The fourth-order valence-corrected chi connectivity index (χ4v) is 0.417. The third-order valence-corrected chi connectivity index (χ3v) is 0.777. The van der Waals surface area contributed by atoms with E-state index in [1.165, 1.54) is 0 Å². The van der Waals surface area contributed by atoms with Gasteiger partial charge in [-0.05, 0) is 0 Å². The van der Waals surface area contributed by atoms with Crippen LogP contribution in [0.2, 0.25) is 0 Å². The Morgan fingerprint density at radius 3 is 2.78 bits per heavy atom. The largest absolute Gasteiger partial charge is 0.345 e. The molecule has 0 saturated heterocycles. The maximum atomic E-state index is 8.10. The van der Waals surface area contributed by atoms with Gasteiger partial charge in [-0.2, -0.15) is 10.7 Å². The van der Waals surface area contributed by atoms with Gasteiger partial charge in [-0.15, -0.1) is 0 Å². The van der Waals surface area contributed by atoms with Crippen LogP contribution in [0.3, 0.4) is 0 Å². The second kappa shape index (κ2) is 5.89. The summed E-state index contributed by atoms with van der Waals surface area (Å²) in [6.07, 6.45) is 0.281. The highest BCUT2D eigenvalue weighted by Crippen LogP contribution is 2.21. The van der Waals surface area contributed by atoms with Crippen LogP contribution in [0.4, 0.5) is 0 Å². The molecule has 0 aliphatic rings. The Bertz CT molecular complexity index is 102. The summed E-state index contributed by atoms with van der Waals surface area (Å²) in [5, 5.41) is 7.97. The van der Waals surface area contributed by atoms with E-state index in [2.05, 4.69) is 10.1 Å². The van der Waals surface area contributed by atoms with Crippen molar-refractivity contribution in [3.05, 3.63) is 0 Å². The Hall–Kier alpha value is -0.240. The number of hydrogen-bond acceptors (Lipinski definition) is 5.